The summed E-state index contributed by atoms with van der Waals surface area (Å²) < 4.78 is 41.4. The van der Waals surface area contributed by atoms with Gasteiger partial charge in [-0.25, -0.2) is 12.8 Å². The lowest BCUT2D eigenvalue weighted by molar-refractivity contribution is -0.140. The molecule has 3 aromatic carbocycles. The maximum Gasteiger partial charge on any atom is 0.244 e. The van der Waals surface area contributed by atoms with Crippen molar-refractivity contribution in [1.29, 1.82) is 0 Å². The van der Waals surface area contributed by atoms with Crippen molar-refractivity contribution < 1.29 is 22.4 Å². The molecule has 9 heteroatoms. The fourth-order valence-electron chi connectivity index (χ4n) is 4.24. The van der Waals surface area contributed by atoms with Crippen molar-refractivity contribution in [3.05, 3.63) is 101 Å². The fourth-order valence-corrected chi connectivity index (χ4v) is 5.09. The number of halogens is 1. The van der Waals surface area contributed by atoms with Crippen LogP contribution in [0.1, 0.15) is 37.0 Å². The number of carbonyl (C=O) groups excluding carboxylic acids is 2. The molecule has 39 heavy (non-hydrogen) atoms. The van der Waals surface area contributed by atoms with Crippen molar-refractivity contribution in [1.82, 2.24) is 10.2 Å². The molecule has 0 radical (unpaired) electrons. The summed E-state index contributed by atoms with van der Waals surface area (Å²) in [4.78, 5) is 28.6. The zero-order valence-electron chi connectivity index (χ0n) is 22.6. The van der Waals surface area contributed by atoms with Crippen molar-refractivity contribution in [3.63, 3.8) is 0 Å². The van der Waals surface area contributed by atoms with E-state index in [1.165, 1.54) is 11.0 Å². The maximum atomic E-state index is 14.8. The minimum absolute atomic E-state index is 0.181. The number of hydrogen-bond donors (Lipinski definition) is 1. The lowest BCUT2D eigenvalue weighted by Gasteiger charge is -2.33. The van der Waals surface area contributed by atoms with E-state index >= 15 is 0 Å². The molecule has 0 saturated heterocycles. The third kappa shape index (κ3) is 8.38. The number of nitrogens with zero attached hydrogens (tertiary/aromatic N) is 2. The molecule has 0 aliphatic carbocycles. The van der Waals surface area contributed by atoms with Gasteiger partial charge >= 0.3 is 0 Å². The molecule has 7 nitrogen and oxygen atoms in total. The Labute approximate surface area is 230 Å². The monoisotopic (exact) mass is 553 g/mol. The molecule has 0 bridgehead atoms. The van der Waals surface area contributed by atoms with Crippen LogP contribution in [-0.2, 0) is 39.0 Å². The van der Waals surface area contributed by atoms with Crippen LogP contribution < -0.4 is 9.62 Å². The van der Waals surface area contributed by atoms with Gasteiger partial charge in [-0.1, -0.05) is 74.5 Å². The van der Waals surface area contributed by atoms with Crippen LogP contribution in [0.5, 0.6) is 0 Å². The summed E-state index contributed by atoms with van der Waals surface area (Å²) in [7, 11) is -3.85. The Bertz CT molecular complexity index is 1350. The SMILES string of the molecule is CCCNC(=O)[C@H](Cc1ccccc1)N(Cc1ccccc1F)C(=O)CN(c1ccc(CC)cc1)S(C)(=O)=O. The van der Waals surface area contributed by atoms with Crippen molar-refractivity contribution in [3.8, 4) is 0 Å². The zero-order valence-corrected chi connectivity index (χ0v) is 23.5. The van der Waals surface area contributed by atoms with Gasteiger partial charge in [0.1, 0.15) is 18.4 Å². The van der Waals surface area contributed by atoms with Crippen LogP contribution in [0.2, 0.25) is 0 Å². The second-order valence-corrected chi connectivity index (χ2v) is 11.3. The average Bonchev–Trinajstić information content (AvgIpc) is 2.93. The molecular formula is C30H36FN3O4S. The van der Waals surface area contributed by atoms with E-state index in [0.29, 0.717) is 18.7 Å². The number of carbonyl (C=O) groups is 2. The standard InChI is InChI=1S/C30H36FN3O4S/c1-4-19-32-30(36)28(20-24-11-7-6-8-12-24)33(21-25-13-9-10-14-27(25)31)29(35)22-34(39(3,37)38)26-17-15-23(5-2)16-18-26/h6-18,28H,4-5,19-22H2,1-3H3,(H,32,36)/t28-/m0/s1. The van der Waals surface area contributed by atoms with Crippen LogP contribution in [0.3, 0.4) is 0 Å². The number of amides is 2. The number of rotatable bonds is 13. The summed E-state index contributed by atoms with van der Waals surface area (Å²) in [6.07, 6.45) is 2.69. The molecule has 3 rings (SSSR count). The Hall–Kier alpha value is -3.72. The van der Waals surface area contributed by atoms with Gasteiger partial charge in [0.25, 0.3) is 0 Å². The van der Waals surface area contributed by atoms with Gasteiger partial charge in [-0.05, 0) is 42.2 Å². The Morgan fingerprint density at radius 1 is 0.897 bits per heavy atom. The molecule has 0 saturated carbocycles. The first-order valence-electron chi connectivity index (χ1n) is 13.0. The summed E-state index contributed by atoms with van der Waals surface area (Å²) >= 11 is 0. The van der Waals surface area contributed by atoms with Crippen LogP contribution in [0.25, 0.3) is 0 Å². The predicted molar refractivity (Wildman–Crippen MR) is 152 cm³/mol. The molecule has 0 fully saturated rings. The first kappa shape index (κ1) is 29.8. The van der Waals surface area contributed by atoms with E-state index in [1.807, 2.05) is 56.3 Å². The smallest absolute Gasteiger partial charge is 0.244 e. The maximum absolute atomic E-state index is 14.8. The third-order valence-electron chi connectivity index (χ3n) is 6.43. The van der Waals surface area contributed by atoms with Crippen molar-refractivity contribution in [2.24, 2.45) is 0 Å². The summed E-state index contributed by atoms with van der Waals surface area (Å²) in [5, 5.41) is 2.86. The molecule has 0 aliphatic rings. The molecule has 3 aromatic rings. The number of benzene rings is 3. The second kappa shape index (κ2) is 13.9. The highest BCUT2D eigenvalue weighted by molar-refractivity contribution is 7.92. The van der Waals surface area contributed by atoms with Crippen LogP contribution in [0.4, 0.5) is 10.1 Å². The molecular weight excluding hydrogens is 517 g/mol. The van der Waals surface area contributed by atoms with Gasteiger partial charge in [0.15, 0.2) is 0 Å². The largest absolute Gasteiger partial charge is 0.354 e. The fraction of sp³-hybridized carbons (Fsp3) is 0.333. The molecule has 1 N–H and O–H groups in total. The lowest BCUT2D eigenvalue weighted by Crippen LogP contribution is -2.53. The van der Waals surface area contributed by atoms with E-state index in [-0.39, 0.29) is 24.4 Å². The topological polar surface area (TPSA) is 86.8 Å². The molecule has 1 atom stereocenters. The van der Waals surface area contributed by atoms with Gasteiger partial charge < -0.3 is 10.2 Å². The number of nitrogens with one attached hydrogen (secondary N) is 1. The van der Waals surface area contributed by atoms with Gasteiger partial charge in [-0.15, -0.1) is 0 Å². The van der Waals surface area contributed by atoms with Gasteiger partial charge in [0, 0.05) is 25.1 Å². The molecule has 0 aromatic heterocycles. The lowest BCUT2D eigenvalue weighted by atomic mass is 10.0. The van der Waals surface area contributed by atoms with E-state index in [0.717, 1.165) is 28.1 Å². The normalized spacial score (nSPS) is 12.0. The Balaban J connectivity index is 2.04. The van der Waals surface area contributed by atoms with Crippen LogP contribution in [-0.4, -0.2) is 50.5 Å². The summed E-state index contributed by atoms with van der Waals surface area (Å²) in [5.74, 6) is -1.52. The molecule has 0 spiro atoms. The van der Waals surface area contributed by atoms with Crippen LogP contribution in [0.15, 0.2) is 78.9 Å². The Kier molecular flexibility index (Phi) is 10.6. The van der Waals surface area contributed by atoms with E-state index in [9.17, 15) is 22.4 Å². The number of hydrogen-bond acceptors (Lipinski definition) is 4. The van der Waals surface area contributed by atoms with Gasteiger partial charge in [0.2, 0.25) is 21.8 Å². The second-order valence-electron chi connectivity index (χ2n) is 9.40. The van der Waals surface area contributed by atoms with Gasteiger partial charge in [-0.2, -0.15) is 0 Å². The summed E-state index contributed by atoms with van der Waals surface area (Å²) in [5.41, 5.74) is 2.40. The van der Waals surface area contributed by atoms with Crippen molar-refractivity contribution in [2.75, 3.05) is 23.7 Å². The summed E-state index contributed by atoms with van der Waals surface area (Å²) in [6.45, 7) is 3.58. The predicted octanol–water partition coefficient (Wildman–Crippen LogP) is 4.32. The highest BCUT2D eigenvalue weighted by atomic mass is 32.2. The number of aryl methyl sites for hydroxylation is 1. The van der Waals surface area contributed by atoms with Crippen molar-refractivity contribution in [2.45, 2.75) is 45.7 Å². The quantitative estimate of drug-likeness (QED) is 0.342. The number of sulfonamides is 1. The molecule has 0 aliphatic heterocycles. The zero-order chi connectivity index (χ0) is 28.4. The first-order valence-corrected chi connectivity index (χ1v) is 14.9. The van der Waals surface area contributed by atoms with E-state index in [2.05, 4.69) is 5.32 Å². The Morgan fingerprint density at radius 3 is 2.13 bits per heavy atom. The average molecular weight is 554 g/mol. The van der Waals surface area contributed by atoms with Crippen LogP contribution >= 0.6 is 0 Å². The third-order valence-corrected chi connectivity index (χ3v) is 7.57. The van der Waals surface area contributed by atoms with E-state index in [1.54, 1.807) is 30.3 Å². The van der Waals surface area contributed by atoms with Gasteiger partial charge in [-0.3, -0.25) is 13.9 Å². The highest BCUT2D eigenvalue weighted by Crippen LogP contribution is 2.22. The van der Waals surface area contributed by atoms with Gasteiger partial charge in [0.05, 0.1) is 11.9 Å². The van der Waals surface area contributed by atoms with Crippen LogP contribution in [0, 0.1) is 5.82 Å². The molecule has 0 unspecified atom stereocenters. The first-order chi connectivity index (χ1) is 18.6. The minimum Gasteiger partial charge on any atom is -0.354 e. The van der Waals surface area contributed by atoms with E-state index < -0.39 is 34.3 Å². The number of anilines is 1. The molecule has 2 amide bonds. The summed E-state index contributed by atoms with van der Waals surface area (Å²) in [6, 6.07) is 21.2. The van der Waals surface area contributed by atoms with E-state index in [4.69, 9.17) is 0 Å². The van der Waals surface area contributed by atoms with Crippen molar-refractivity contribution >= 4 is 27.5 Å². The molecule has 0 heterocycles. The minimum atomic E-state index is -3.85. The highest BCUT2D eigenvalue weighted by Gasteiger charge is 2.33. The molecule has 208 valence electrons. The Morgan fingerprint density at radius 2 is 1.54 bits per heavy atom.